The zero-order valence-electron chi connectivity index (χ0n) is 15.7. The second-order valence-electron chi connectivity index (χ2n) is 6.25. The van der Waals surface area contributed by atoms with E-state index in [1.807, 2.05) is 60.7 Å². The van der Waals surface area contributed by atoms with Crippen molar-refractivity contribution < 1.29 is 9.53 Å². The number of carbonyl (C=O) groups excluding carboxylic acids is 1. The lowest BCUT2D eigenvalue weighted by atomic mass is 10.0. The topological polar surface area (TPSA) is 76.5 Å². The number of nitrogens with zero attached hydrogens (tertiary/aromatic N) is 3. The highest BCUT2D eigenvalue weighted by molar-refractivity contribution is 6.07. The van der Waals surface area contributed by atoms with Crippen molar-refractivity contribution >= 4 is 23.0 Å². The first-order valence-electron chi connectivity index (χ1n) is 9.03. The summed E-state index contributed by atoms with van der Waals surface area (Å²) in [4.78, 5) is 21.7. The zero-order valence-corrected chi connectivity index (χ0v) is 15.7. The van der Waals surface area contributed by atoms with Crippen LogP contribution in [0.4, 0.5) is 0 Å². The van der Waals surface area contributed by atoms with E-state index in [0.717, 1.165) is 22.0 Å². The Morgan fingerprint density at radius 2 is 1.90 bits per heavy atom. The van der Waals surface area contributed by atoms with Gasteiger partial charge in [0.05, 0.1) is 30.1 Å². The van der Waals surface area contributed by atoms with Gasteiger partial charge in [0, 0.05) is 28.9 Å². The predicted octanol–water partition coefficient (Wildman–Crippen LogP) is 4.07. The molecule has 2 aromatic heterocycles. The van der Waals surface area contributed by atoms with E-state index in [1.54, 1.807) is 31.8 Å². The molecule has 29 heavy (non-hydrogen) atoms. The third-order valence-corrected chi connectivity index (χ3v) is 4.43. The quantitative estimate of drug-likeness (QED) is 0.417. The number of hydrogen-bond acceptors (Lipinski definition) is 5. The molecule has 1 amide bonds. The highest BCUT2D eigenvalue weighted by atomic mass is 16.5. The van der Waals surface area contributed by atoms with Crippen molar-refractivity contribution in [2.75, 3.05) is 7.11 Å². The van der Waals surface area contributed by atoms with E-state index in [9.17, 15) is 4.79 Å². The molecule has 0 bridgehead atoms. The van der Waals surface area contributed by atoms with Crippen LogP contribution in [0.25, 0.3) is 22.2 Å². The van der Waals surface area contributed by atoms with Crippen LogP contribution in [0.3, 0.4) is 0 Å². The minimum Gasteiger partial charge on any atom is -0.496 e. The fourth-order valence-corrected chi connectivity index (χ4v) is 3.02. The summed E-state index contributed by atoms with van der Waals surface area (Å²) < 4.78 is 5.29. The molecular weight excluding hydrogens is 364 g/mol. The van der Waals surface area contributed by atoms with E-state index >= 15 is 0 Å². The molecule has 4 aromatic rings. The molecule has 6 heteroatoms. The van der Waals surface area contributed by atoms with Gasteiger partial charge in [-0.15, -0.1) is 0 Å². The van der Waals surface area contributed by atoms with Gasteiger partial charge in [-0.25, -0.2) is 10.4 Å². The summed E-state index contributed by atoms with van der Waals surface area (Å²) in [5.41, 5.74) is 6.11. The molecule has 0 atom stereocenters. The molecule has 0 spiro atoms. The van der Waals surface area contributed by atoms with E-state index in [4.69, 9.17) is 4.74 Å². The van der Waals surface area contributed by atoms with Gasteiger partial charge >= 0.3 is 0 Å². The second-order valence-corrected chi connectivity index (χ2v) is 6.25. The number of carbonyl (C=O) groups is 1. The van der Waals surface area contributed by atoms with Gasteiger partial charge in [0.25, 0.3) is 5.91 Å². The lowest BCUT2D eigenvalue weighted by Crippen LogP contribution is -2.18. The van der Waals surface area contributed by atoms with Crippen molar-refractivity contribution in [3.05, 3.63) is 90.3 Å². The number of pyridine rings is 2. The average molecular weight is 382 g/mol. The standard InChI is InChI=1S/C23H18N4O2/c1-29-22-11-5-2-7-17(22)15-25-27-23(28)19-13-21(16-8-6-12-24-14-16)26-20-10-4-3-9-18(19)20/h2-15H,1H3,(H,27,28). The van der Waals surface area contributed by atoms with Crippen molar-refractivity contribution in [3.63, 3.8) is 0 Å². The number of nitrogens with one attached hydrogen (secondary N) is 1. The number of fused-ring (bicyclic) bond motifs is 1. The Morgan fingerprint density at radius 3 is 2.72 bits per heavy atom. The summed E-state index contributed by atoms with van der Waals surface area (Å²) in [6.45, 7) is 0. The number of benzene rings is 2. The van der Waals surface area contributed by atoms with Gasteiger partial charge in [-0.05, 0) is 36.4 Å². The van der Waals surface area contributed by atoms with Gasteiger partial charge < -0.3 is 4.74 Å². The van der Waals surface area contributed by atoms with Gasteiger partial charge in [0.2, 0.25) is 0 Å². The molecular formula is C23H18N4O2. The molecule has 2 aromatic carbocycles. The first-order chi connectivity index (χ1) is 14.3. The van der Waals surface area contributed by atoms with Crippen LogP contribution in [0.2, 0.25) is 0 Å². The Hall–Kier alpha value is -4.06. The normalized spacial score (nSPS) is 10.9. The third kappa shape index (κ3) is 3.96. The SMILES string of the molecule is COc1ccccc1C=NNC(=O)c1cc(-c2cccnc2)nc2ccccc12. The minimum atomic E-state index is -0.320. The lowest BCUT2D eigenvalue weighted by Gasteiger charge is -2.09. The largest absolute Gasteiger partial charge is 0.496 e. The summed E-state index contributed by atoms with van der Waals surface area (Å²) in [5, 5.41) is 4.85. The van der Waals surface area contributed by atoms with Gasteiger partial charge in [-0.3, -0.25) is 9.78 Å². The van der Waals surface area contributed by atoms with Crippen LogP contribution in [0, 0.1) is 0 Å². The molecule has 0 radical (unpaired) electrons. The van der Waals surface area contributed by atoms with E-state index in [2.05, 4.69) is 20.5 Å². The van der Waals surface area contributed by atoms with E-state index in [0.29, 0.717) is 17.0 Å². The molecule has 4 rings (SSSR count). The Morgan fingerprint density at radius 1 is 1.07 bits per heavy atom. The highest BCUT2D eigenvalue weighted by Gasteiger charge is 2.13. The van der Waals surface area contributed by atoms with Crippen LogP contribution in [0.5, 0.6) is 5.75 Å². The van der Waals surface area contributed by atoms with Crippen molar-refractivity contribution in [1.29, 1.82) is 0 Å². The Kier molecular flexibility index (Phi) is 5.25. The summed E-state index contributed by atoms with van der Waals surface area (Å²) in [7, 11) is 1.59. The molecule has 0 saturated heterocycles. The van der Waals surface area contributed by atoms with E-state index in [1.165, 1.54) is 0 Å². The van der Waals surface area contributed by atoms with Crippen LogP contribution >= 0.6 is 0 Å². The van der Waals surface area contributed by atoms with Crippen LogP contribution in [-0.4, -0.2) is 29.2 Å². The molecule has 0 saturated carbocycles. The second kappa shape index (κ2) is 8.31. The summed E-state index contributed by atoms with van der Waals surface area (Å²) in [5.74, 6) is 0.360. The fraction of sp³-hybridized carbons (Fsp3) is 0.0435. The highest BCUT2D eigenvalue weighted by Crippen LogP contribution is 2.24. The van der Waals surface area contributed by atoms with E-state index in [-0.39, 0.29) is 5.91 Å². The maximum atomic E-state index is 12.9. The Labute approximate surface area is 167 Å². The molecule has 0 fully saturated rings. The predicted molar refractivity (Wildman–Crippen MR) is 113 cm³/mol. The van der Waals surface area contributed by atoms with Gasteiger partial charge in [-0.1, -0.05) is 30.3 Å². The lowest BCUT2D eigenvalue weighted by molar-refractivity contribution is 0.0956. The molecule has 142 valence electrons. The van der Waals surface area contributed by atoms with Gasteiger partial charge in [-0.2, -0.15) is 5.10 Å². The molecule has 0 aliphatic rings. The number of amides is 1. The number of para-hydroxylation sites is 2. The summed E-state index contributed by atoms with van der Waals surface area (Å²) in [6, 6.07) is 20.5. The van der Waals surface area contributed by atoms with Crippen LogP contribution < -0.4 is 10.2 Å². The number of hydrazone groups is 1. The van der Waals surface area contributed by atoms with E-state index < -0.39 is 0 Å². The average Bonchev–Trinajstić information content (AvgIpc) is 2.79. The summed E-state index contributed by atoms with van der Waals surface area (Å²) in [6.07, 6.45) is 4.98. The number of ether oxygens (including phenoxy) is 1. The smallest absolute Gasteiger partial charge is 0.272 e. The van der Waals surface area contributed by atoms with Gasteiger partial charge in [0.1, 0.15) is 5.75 Å². The maximum Gasteiger partial charge on any atom is 0.272 e. The zero-order chi connectivity index (χ0) is 20.1. The number of methoxy groups -OCH3 is 1. The van der Waals surface area contributed by atoms with Crippen molar-refractivity contribution in [1.82, 2.24) is 15.4 Å². The van der Waals surface area contributed by atoms with Gasteiger partial charge in [0.15, 0.2) is 0 Å². The van der Waals surface area contributed by atoms with Crippen molar-refractivity contribution in [2.45, 2.75) is 0 Å². The molecule has 0 unspecified atom stereocenters. The first kappa shape index (κ1) is 18.3. The van der Waals surface area contributed by atoms with Crippen molar-refractivity contribution in [2.24, 2.45) is 5.10 Å². The Bertz CT molecular complexity index is 1190. The Balaban J connectivity index is 1.67. The van der Waals surface area contributed by atoms with Crippen LogP contribution in [-0.2, 0) is 0 Å². The molecule has 0 aliphatic carbocycles. The third-order valence-electron chi connectivity index (χ3n) is 4.43. The molecule has 6 nitrogen and oxygen atoms in total. The number of rotatable bonds is 5. The molecule has 1 N–H and O–H groups in total. The number of hydrogen-bond donors (Lipinski definition) is 1. The monoisotopic (exact) mass is 382 g/mol. The fourth-order valence-electron chi connectivity index (χ4n) is 3.02. The molecule has 2 heterocycles. The van der Waals surface area contributed by atoms with Crippen LogP contribution in [0.1, 0.15) is 15.9 Å². The maximum absolute atomic E-state index is 12.9. The number of aromatic nitrogens is 2. The van der Waals surface area contributed by atoms with Crippen LogP contribution in [0.15, 0.2) is 84.2 Å². The minimum absolute atomic E-state index is 0.320. The summed E-state index contributed by atoms with van der Waals surface area (Å²) >= 11 is 0. The van der Waals surface area contributed by atoms with Crippen molar-refractivity contribution in [3.8, 4) is 17.0 Å². The first-order valence-corrected chi connectivity index (χ1v) is 9.03. The molecule has 0 aliphatic heterocycles.